The summed E-state index contributed by atoms with van der Waals surface area (Å²) in [5.41, 5.74) is 1.70. The fraction of sp³-hybridized carbons (Fsp3) is 0.300. The number of carbonyl (C=O) groups is 1. The SMILES string of the molecule is O=C(NC1CCC(Oc2ccccn2)CC1)c1c[nH]c2ccccc12. The zero-order chi connectivity index (χ0) is 17.1. The number of hydrogen-bond acceptors (Lipinski definition) is 3. The molecule has 2 aromatic heterocycles. The van der Waals surface area contributed by atoms with Crippen LogP contribution < -0.4 is 10.1 Å². The van der Waals surface area contributed by atoms with E-state index in [1.54, 1.807) is 12.4 Å². The molecule has 1 aromatic carbocycles. The first kappa shape index (κ1) is 15.7. The van der Waals surface area contributed by atoms with Gasteiger partial charge in [0.05, 0.1) is 5.56 Å². The van der Waals surface area contributed by atoms with Gasteiger partial charge in [0.1, 0.15) is 6.10 Å². The van der Waals surface area contributed by atoms with Gasteiger partial charge in [-0.05, 0) is 37.8 Å². The number of aromatic nitrogens is 2. The highest BCUT2D eigenvalue weighted by molar-refractivity contribution is 6.06. The number of ether oxygens (including phenoxy) is 1. The molecule has 4 rings (SSSR count). The number of hydrogen-bond donors (Lipinski definition) is 2. The van der Waals surface area contributed by atoms with E-state index in [4.69, 9.17) is 4.74 Å². The Hall–Kier alpha value is -2.82. The topological polar surface area (TPSA) is 67.0 Å². The van der Waals surface area contributed by atoms with E-state index in [-0.39, 0.29) is 18.1 Å². The molecule has 3 aromatic rings. The second kappa shape index (κ2) is 6.97. The van der Waals surface area contributed by atoms with Crippen LogP contribution in [0, 0.1) is 0 Å². The average molecular weight is 335 g/mol. The third kappa shape index (κ3) is 3.50. The number of carbonyl (C=O) groups excluding carboxylic acids is 1. The molecule has 0 saturated heterocycles. The van der Waals surface area contributed by atoms with Crippen LogP contribution in [0.25, 0.3) is 10.9 Å². The summed E-state index contributed by atoms with van der Waals surface area (Å²) in [5.74, 6) is 0.667. The van der Waals surface area contributed by atoms with Crippen LogP contribution in [0.2, 0.25) is 0 Å². The summed E-state index contributed by atoms with van der Waals surface area (Å²) in [6.45, 7) is 0. The number of rotatable bonds is 4. The van der Waals surface area contributed by atoms with Gasteiger partial charge in [-0.2, -0.15) is 0 Å². The standard InChI is InChI=1S/C20H21N3O2/c24-20(17-13-22-18-6-2-1-5-16(17)18)23-14-8-10-15(11-9-14)25-19-7-3-4-12-21-19/h1-7,12-15,22H,8-11H2,(H,23,24). The molecule has 1 fully saturated rings. The van der Waals surface area contributed by atoms with Crippen molar-refractivity contribution in [1.29, 1.82) is 0 Å². The average Bonchev–Trinajstić information content (AvgIpc) is 3.08. The van der Waals surface area contributed by atoms with Crippen LogP contribution in [0.5, 0.6) is 5.88 Å². The van der Waals surface area contributed by atoms with Gasteiger partial charge >= 0.3 is 0 Å². The quantitative estimate of drug-likeness (QED) is 0.764. The Balaban J connectivity index is 1.33. The van der Waals surface area contributed by atoms with Gasteiger partial charge in [-0.15, -0.1) is 0 Å². The first-order valence-electron chi connectivity index (χ1n) is 8.74. The van der Waals surface area contributed by atoms with Crippen molar-refractivity contribution in [3.05, 3.63) is 60.4 Å². The van der Waals surface area contributed by atoms with Crippen molar-refractivity contribution in [2.45, 2.75) is 37.8 Å². The molecule has 1 aliphatic rings. The van der Waals surface area contributed by atoms with E-state index in [2.05, 4.69) is 15.3 Å². The van der Waals surface area contributed by atoms with Crippen molar-refractivity contribution >= 4 is 16.8 Å². The molecule has 0 atom stereocenters. The van der Waals surface area contributed by atoms with E-state index in [0.717, 1.165) is 36.6 Å². The van der Waals surface area contributed by atoms with Crippen molar-refractivity contribution in [2.24, 2.45) is 0 Å². The number of fused-ring (bicyclic) bond motifs is 1. The summed E-state index contributed by atoms with van der Waals surface area (Å²) in [7, 11) is 0. The highest BCUT2D eigenvalue weighted by Crippen LogP contribution is 2.24. The summed E-state index contributed by atoms with van der Waals surface area (Å²) in [5, 5.41) is 4.13. The number of benzene rings is 1. The minimum atomic E-state index is -0.00783. The van der Waals surface area contributed by atoms with Crippen molar-refractivity contribution in [1.82, 2.24) is 15.3 Å². The number of aromatic amines is 1. The summed E-state index contributed by atoms with van der Waals surface area (Å²) in [4.78, 5) is 19.9. The van der Waals surface area contributed by atoms with Crippen molar-refractivity contribution < 1.29 is 9.53 Å². The molecule has 5 heteroatoms. The van der Waals surface area contributed by atoms with E-state index >= 15 is 0 Å². The summed E-state index contributed by atoms with van der Waals surface area (Å²) in [6.07, 6.45) is 7.40. The summed E-state index contributed by atoms with van der Waals surface area (Å²) in [6, 6.07) is 13.7. The first-order chi connectivity index (χ1) is 12.3. The molecular formula is C20H21N3O2. The van der Waals surface area contributed by atoms with E-state index < -0.39 is 0 Å². The maximum Gasteiger partial charge on any atom is 0.253 e. The zero-order valence-corrected chi connectivity index (χ0v) is 13.9. The van der Waals surface area contributed by atoms with E-state index in [1.165, 1.54) is 0 Å². The van der Waals surface area contributed by atoms with Crippen LogP contribution >= 0.6 is 0 Å². The van der Waals surface area contributed by atoms with Crippen LogP contribution in [-0.4, -0.2) is 28.0 Å². The van der Waals surface area contributed by atoms with Crippen LogP contribution in [0.3, 0.4) is 0 Å². The monoisotopic (exact) mass is 335 g/mol. The maximum absolute atomic E-state index is 12.6. The van der Waals surface area contributed by atoms with E-state index in [0.29, 0.717) is 11.4 Å². The molecule has 0 radical (unpaired) electrons. The molecule has 1 saturated carbocycles. The fourth-order valence-electron chi connectivity index (χ4n) is 3.44. The van der Waals surface area contributed by atoms with Crippen molar-refractivity contribution in [3.8, 4) is 5.88 Å². The number of pyridine rings is 1. The molecule has 2 N–H and O–H groups in total. The maximum atomic E-state index is 12.6. The Labute approximate surface area is 146 Å². The molecule has 128 valence electrons. The number of nitrogens with zero attached hydrogens (tertiary/aromatic N) is 1. The third-order valence-corrected chi connectivity index (χ3v) is 4.77. The smallest absolute Gasteiger partial charge is 0.253 e. The van der Waals surface area contributed by atoms with Gasteiger partial charge in [-0.1, -0.05) is 24.3 Å². The molecule has 25 heavy (non-hydrogen) atoms. The molecule has 1 amide bonds. The minimum absolute atomic E-state index is 0.00783. The molecular weight excluding hydrogens is 314 g/mol. The second-order valence-electron chi connectivity index (χ2n) is 6.48. The van der Waals surface area contributed by atoms with Gasteiger partial charge in [0.15, 0.2) is 0 Å². The lowest BCUT2D eigenvalue weighted by Gasteiger charge is -2.29. The van der Waals surface area contributed by atoms with E-state index in [9.17, 15) is 4.79 Å². The van der Waals surface area contributed by atoms with Gasteiger partial charge in [-0.3, -0.25) is 4.79 Å². The predicted molar refractivity (Wildman–Crippen MR) is 96.7 cm³/mol. The Bertz CT molecular complexity index is 852. The van der Waals surface area contributed by atoms with Gasteiger partial charge in [0.2, 0.25) is 5.88 Å². The summed E-state index contributed by atoms with van der Waals surface area (Å²) < 4.78 is 5.91. The normalized spacial score (nSPS) is 20.3. The van der Waals surface area contributed by atoms with Gasteiger partial charge in [-0.25, -0.2) is 4.98 Å². The highest BCUT2D eigenvalue weighted by Gasteiger charge is 2.24. The van der Waals surface area contributed by atoms with E-state index in [1.807, 2.05) is 42.5 Å². The van der Waals surface area contributed by atoms with Gasteiger partial charge < -0.3 is 15.0 Å². The Morgan fingerprint density at radius 3 is 2.68 bits per heavy atom. The zero-order valence-electron chi connectivity index (χ0n) is 13.9. The number of nitrogens with one attached hydrogen (secondary N) is 2. The highest BCUT2D eigenvalue weighted by atomic mass is 16.5. The number of H-pyrrole nitrogens is 1. The Kier molecular flexibility index (Phi) is 4.37. The minimum Gasteiger partial charge on any atom is -0.474 e. The summed E-state index contributed by atoms with van der Waals surface area (Å²) >= 11 is 0. The number of para-hydroxylation sites is 1. The van der Waals surface area contributed by atoms with Crippen molar-refractivity contribution in [3.63, 3.8) is 0 Å². The first-order valence-corrected chi connectivity index (χ1v) is 8.74. The number of amides is 1. The van der Waals surface area contributed by atoms with Gasteiger partial charge in [0.25, 0.3) is 5.91 Å². The molecule has 1 aliphatic carbocycles. The van der Waals surface area contributed by atoms with Crippen LogP contribution in [0.4, 0.5) is 0 Å². The molecule has 5 nitrogen and oxygen atoms in total. The molecule has 0 aliphatic heterocycles. The lowest BCUT2D eigenvalue weighted by atomic mass is 9.92. The lowest BCUT2D eigenvalue weighted by Crippen LogP contribution is -2.39. The third-order valence-electron chi connectivity index (χ3n) is 4.77. The second-order valence-corrected chi connectivity index (χ2v) is 6.48. The molecule has 0 unspecified atom stereocenters. The molecule has 0 spiro atoms. The van der Waals surface area contributed by atoms with Crippen molar-refractivity contribution in [2.75, 3.05) is 0 Å². The van der Waals surface area contributed by atoms with Gasteiger partial charge in [0, 0.05) is 35.4 Å². The Morgan fingerprint density at radius 2 is 1.88 bits per heavy atom. The Morgan fingerprint density at radius 1 is 1.08 bits per heavy atom. The lowest BCUT2D eigenvalue weighted by molar-refractivity contribution is 0.0892. The molecule has 2 heterocycles. The van der Waals surface area contributed by atoms with Crippen LogP contribution in [-0.2, 0) is 0 Å². The largest absolute Gasteiger partial charge is 0.474 e. The van der Waals surface area contributed by atoms with Crippen LogP contribution in [0.1, 0.15) is 36.0 Å². The van der Waals surface area contributed by atoms with Crippen LogP contribution in [0.15, 0.2) is 54.9 Å². The fourth-order valence-corrected chi connectivity index (χ4v) is 3.44. The predicted octanol–water partition coefficient (Wildman–Crippen LogP) is 3.68. The molecule has 0 bridgehead atoms.